The van der Waals surface area contributed by atoms with Gasteiger partial charge in [0.05, 0.1) is 51.6 Å². The molecule has 1 aromatic heterocycles. The maximum absolute atomic E-state index is 8.79. The molecule has 1 saturated heterocycles. The molecule has 1 aliphatic rings. The minimum Gasteiger partial charge on any atom is -0.467 e. The third-order valence-corrected chi connectivity index (χ3v) is 4.06. The van der Waals surface area contributed by atoms with Gasteiger partial charge in [-0.2, -0.15) is 5.26 Å². The van der Waals surface area contributed by atoms with Gasteiger partial charge >= 0.3 is 0 Å². The molecule has 120 valence electrons. The first-order valence-electron chi connectivity index (χ1n) is 7.63. The Hall–Kier alpha value is -1.62. The zero-order valence-corrected chi connectivity index (χ0v) is 13.5. The van der Waals surface area contributed by atoms with E-state index in [0.717, 1.165) is 45.2 Å². The van der Waals surface area contributed by atoms with Crippen molar-refractivity contribution >= 4 is 17.3 Å². The maximum Gasteiger partial charge on any atom is 0.169 e. The van der Waals surface area contributed by atoms with E-state index in [1.165, 1.54) is 4.90 Å². The molecule has 0 bridgehead atoms. The molecule has 0 radical (unpaired) electrons. The number of quaternary nitrogens is 1. The molecule has 0 amide bonds. The lowest BCUT2D eigenvalue weighted by Crippen LogP contribution is -3.14. The molecule has 7 heteroatoms. The van der Waals surface area contributed by atoms with Gasteiger partial charge in [0.2, 0.25) is 0 Å². The summed E-state index contributed by atoms with van der Waals surface area (Å²) in [5.41, 5.74) is 0. The molecule has 1 fully saturated rings. The minimum atomic E-state index is 0.442. The maximum atomic E-state index is 8.79. The Balaban J connectivity index is 1.76. The topological polar surface area (TPSA) is 65.9 Å². The second-order valence-corrected chi connectivity index (χ2v) is 5.64. The van der Waals surface area contributed by atoms with Gasteiger partial charge in [-0.25, -0.2) is 0 Å². The monoisotopic (exact) mass is 323 g/mol. The summed E-state index contributed by atoms with van der Waals surface area (Å²) < 4.78 is 10.7. The summed E-state index contributed by atoms with van der Waals surface area (Å²) >= 11 is 5.46. The second kappa shape index (κ2) is 9.41. The molecule has 22 heavy (non-hydrogen) atoms. The van der Waals surface area contributed by atoms with E-state index >= 15 is 0 Å². The summed E-state index contributed by atoms with van der Waals surface area (Å²) in [7, 11) is 0. The standard InChI is InChI=1S/C15H22N4O2S/c16-4-2-6-19(13-14-3-1-10-21-14)15(22)17-5-7-18-8-11-20-12-9-18/h1,3,10H,2,5-9,11-13H2,(H,17,22)/p+1. The quantitative estimate of drug-likeness (QED) is 0.677. The Bertz CT molecular complexity index is 480. The van der Waals surface area contributed by atoms with E-state index in [2.05, 4.69) is 11.4 Å². The number of hydrogen-bond acceptors (Lipinski definition) is 4. The van der Waals surface area contributed by atoms with Crippen molar-refractivity contribution in [3.63, 3.8) is 0 Å². The second-order valence-electron chi connectivity index (χ2n) is 5.25. The number of nitrogens with one attached hydrogen (secondary N) is 2. The van der Waals surface area contributed by atoms with E-state index in [9.17, 15) is 0 Å². The Labute approximate surface area is 136 Å². The number of nitriles is 1. The lowest BCUT2D eigenvalue weighted by molar-refractivity contribution is -0.906. The van der Waals surface area contributed by atoms with Gasteiger partial charge in [-0.1, -0.05) is 0 Å². The number of morpholine rings is 1. The molecule has 0 spiro atoms. The first-order valence-corrected chi connectivity index (χ1v) is 8.04. The van der Waals surface area contributed by atoms with Gasteiger partial charge in [0, 0.05) is 6.54 Å². The molecule has 2 rings (SSSR count). The van der Waals surface area contributed by atoms with Gasteiger partial charge in [-0.05, 0) is 24.4 Å². The average Bonchev–Trinajstić information content (AvgIpc) is 3.05. The van der Waals surface area contributed by atoms with Gasteiger partial charge in [-0.3, -0.25) is 0 Å². The summed E-state index contributed by atoms with van der Waals surface area (Å²) in [6.45, 7) is 6.83. The van der Waals surface area contributed by atoms with Crippen molar-refractivity contribution in [2.45, 2.75) is 13.0 Å². The molecule has 2 N–H and O–H groups in total. The number of thiocarbonyl (C=S) groups is 1. The molecule has 1 aliphatic heterocycles. The third-order valence-electron chi connectivity index (χ3n) is 3.66. The first kappa shape index (κ1) is 16.7. The Kier molecular flexibility index (Phi) is 7.16. The van der Waals surface area contributed by atoms with Crippen molar-refractivity contribution in [1.82, 2.24) is 10.2 Å². The smallest absolute Gasteiger partial charge is 0.169 e. The van der Waals surface area contributed by atoms with Crippen LogP contribution in [0.2, 0.25) is 0 Å². The predicted molar refractivity (Wildman–Crippen MR) is 86.3 cm³/mol. The van der Waals surface area contributed by atoms with Crippen molar-refractivity contribution in [1.29, 1.82) is 5.26 Å². The predicted octanol–water partition coefficient (Wildman–Crippen LogP) is -0.215. The van der Waals surface area contributed by atoms with Crippen molar-refractivity contribution in [2.24, 2.45) is 0 Å². The molecule has 6 nitrogen and oxygen atoms in total. The van der Waals surface area contributed by atoms with Gasteiger partial charge in [0.15, 0.2) is 5.11 Å². The average molecular weight is 323 g/mol. The Morgan fingerprint density at radius 2 is 2.27 bits per heavy atom. The fourth-order valence-corrected chi connectivity index (χ4v) is 2.65. The fraction of sp³-hybridized carbons (Fsp3) is 0.600. The van der Waals surface area contributed by atoms with Crippen LogP contribution in [0.4, 0.5) is 0 Å². The van der Waals surface area contributed by atoms with E-state index in [4.69, 9.17) is 26.6 Å². The number of hydrogen-bond donors (Lipinski definition) is 2. The SMILES string of the molecule is N#CCCN(Cc1ccco1)C(=S)NCC[NH+]1CCOCC1. The van der Waals surface area contributed by atoms with Gasteiger partial charge in [0.25, 0.3) is 0 Å². The van der Waals surface area contributed by atoms with Crippen LogP contribution in [0, 0.1) is 11.3 Å². The summed E-state index contributed by atoms with van der Waals surface area (Å²) in [4.78, 5) is 3.52. The lowest BCUT2D eigenvalue weighted by Gasteiger charge is -2.26. The van der Waals surface area contributed by atoms with Crippen molar-refractivity contribution < 1.29 is 14.1 Å². The molecule has 0 aliphatic carbocycles. The number of nitrogens with zero attached hydrogens (tertiary/aromatic N) is 2. The van der Waals surface area contributed by atoms with Gasteiger partial charge in [0.1, 0.15) is 18.8 Å². The summed E-state index contributed by atoms with van der Waals surface area (Å²) in [6.07, 6.45) is 2.09. The third kappa shape index (κ3) is 5.64. The van der Waals surface area contributed by atoms with Crippen LogP contribution in [0.1, 0.15) is 12.2 Å². The van der Waals surface area contributed by atoms with Crippen LogP contribution in [0.3, 0.4) is 0 Å². The van der Waals surface area contributed by atoms with E-state index in [1.54, 1.807) is 6.26 Å². The molecule has 0 unspecified atom stereocenters. The number of ether oxygens (including phenoxy) is 1. The highest BCUT2D eigenvalue weighted by molar-refractivity contribution is 7.80. The van der Waals surface area contributed by atoms with Gasteiger partial charge < -0.3 is 24.3 Å². The largest absolute Gasteiger partial charge is 0.467 e. The van der Waals surface area contributed by atoms with Crippen molar-refractivity contribution in [3.05, 3.63) is 24.2 Å². The number of furan rings is 1. The normalized spacial score (nSPS) is 15.2. The fourth-order valence-electron chi connectivity index (χ4n) is 2.40. The zero-order valence-electron chi connectivity index (χ0n) is 12.7. The first-order chi connectivity index (χ1) is 10.8. The summed E-state index contributed by atoms with van der Waals surface area (Å²) in [5.74, 6) is 0.848. The van der Waals surface area contributed by atoms with Crippen LogP contribution in [0.25, 0.3) is 0 Å². The van der Waals surface area contributed by atoms with Gasteiger partial charge in [-0.15, -0.1) is 0 Å². The minimum absolute atomic E-state index is 0.442. The van der Waals surface area contributed by atoms with E-state index < -0.39 is 0 Å². The summed E-state index contributed by atoms with van der Waals surface area (Å²) in [5, 5.41) is 12.8. The highest BCUT2D eigenvalue weighted by Gasteiger charge is 2.15. The molecule has 0 saturated carbocycles. The zero-order chi connectivity index (χ0) is 15.6. The van der Waals surface area contributed by atoms with Crippen LogP contribution >= 0.6 is 12.2 Å². The highest BCUT2D eigenvalue weighted by Crippen LogP contribution is 2.06. The van der Waals surface area contributed by atoms with Crippen LogP contribution in [-0.2, 0) is 11.3 Å². The lowest BCUT2D eigenvalue weighted by atomic mass is 10.3. The molecule has 0 atom stereocenters. The summed E-state index contributed by atoms with van der Waals surface area (Å²) in [6, 6.07) is 5.94. The van der Waals surface area contributed by atoms with Crippen LogP contribution < -0.4 is 10.2 Å². The Morgan fingerprint density at radius 1 is 1.45 bits per heavy atom. The Morgan fingerprint density at radius 3 is 2.95 bits per heavy atom. The molecule has 0 aromatic carbocycles. The molecule has 2 heterocycles. The van der Waals surface area contributed by atoms with E-state index in [1.807, 2.05) is 17.0 Å². The van der Waals surface area contributed by atoms with Crippen molar-refractivity contribution in [2.75, 3.05) is 45.9 Å². The number of rotatable bonds is 7. The highest BCUT2D eigenvalue weighted by atomic mass is 32.1. The molecular formula is C15H23N4O2S+. The van der Waals surface area contributed by atoms with E-state index in [0.29, 0.717) is 24.6 Å². The van der Waals surface area contributed by atoms with E-state index in [-0.39, 0.29) is 0 Å². The molecule has 1 aromatic rings. The van der Waals surface area contributed by atoms with Crippen molar-refractivity contribution in [3.8, 4) is 6.07 Å². The van der Waals surface area contributed by atoms with Crippen LogP contribution in [0.5, 0.6) is 0 Å². The van der Waals surface area contributed by atoms with Crippen LogP contribution in [-0.4, -0.2) is 55.9 Å². The molecular weight excluding hydrogens is 300 g/mol. The van der Waals surface area contributed by atoms with Crippen LogP contribution in [0.15, 0.2) is 22.8 Å².